The Labute approximate surface area is 131 Å². The molecule has 1 N–H and O–H groups in total. The van der Waals surface area contributed by atoms with Crippen LogP contribution in [0, 0.1) is 13.8 Å². The minimum Gasteiger partial charge on any atom is -0.496 e. The smallest absolute Gasteiger partial charge is 0.126 e. The maximum absolute atomic E-state index is 5.71. The summed E-state index contributed by atoms with van der Waals surface area (Å²) in [5.74, 6) is 1.07. The minimum absolute atomic E-state index is 0.413. The third kappa shape index (κ3) is 5.35. The molecule has 2 nitrogen and oxygen atoms in total. The van der Waals surface area contributed by atoms with E-state index in [1.54, 1.807) is 7.11 Å². The van der Waals surface area contributed by atoms with E-state index in [-0.39, 0.29) is 0 Å². The van der Waals surface area contributed by atoms with E-state index in [9.17, 15) is 0 Å². The molecule has 1 atom stereocenters. The molecule has 0 aliphatic carbocycles. The summed E-state index contributed by atoms with van der Waals surface area (Å²) in [7, 11) is 1.79. The Balaban J connectivity index is 2.88. The maximum atomic E-state index is 5.71. The lowest BCUT2D eigenvalue weighted by Crippen LogP contribution is -2.23. The first-order valence-corrected chi connectivity index (χ1v) is 8.53. The first-order chi connectivity index (χ1) is 10.2. The van der Waals surface area contributed by atoms with Crippen LogP contribution in [0.5, 0.6) is 5.75 Å². The predicted octanol–water partition coefficient (Wildman–Crippen LogP) is 5.32. The van der Waals surface area contributed by atoms with Crippen molar-refractivity contribution in [1.29, 1.82) is 0 Å². The van der Waals surface area contributed by atoms with E-state index in [2.05, 4.69) is 45.1 Å². The summed E-state index contributed by atoms with van der Waals surface area (Å²) in [6.45, 7) is 9.86. The Morgan fingerprint density at radius 2 is 1.81 bits per heavy atom. The molecule has 0 saturated heterocycles. The van der Waals surface area contributed by atoms with E-state index in [1.807, 2.05) is 0 Å². The average molecular weight is 291 g/mol. The van der Waals surface area contributed by atoms with Gasteiger partial charge in [-0.1, -0.05) is 51.7 Å². The van der Waals surface area contributed by atoms with Crippen LogP contribution in [0.1, 0.15) is 75.1 Å². The molecule has 0 amide bonds. The van der Waals surface area contributed by atoms with Crippen LogP contribution in [-0.4, -0.2) is 13.7 Å². The van der Waals surface area contributed by atoms with E-state index >= 15 is 0 Å². The van der Waals surface area contributed by atoms with Crippen LogP contribution in [0.15, 0.2) is 12.1 Å². The highest BCUT2D eigenvalue weighted by Crippen LogP contribution is 2.33. The standard InChI is InChI=1S/C19H33NO/c1-6-8-9-10-11-18(20-14-7-2)17-13-12-15(3)16(4)19(17)21-5/h12-13,18,20H,6-11,14H2,1-5H3. The van der Waals surface area contributed by atoms with Crippen LogP contribution < -0.4 is 10.1 Å². The number of benzene rings is 1. The van der Waals surface area contributed by atoms with Crippen LogP contribution in [0.25, 0.3) is 0 Å². The highest BCUT2D eigenvalue weighted by molar-refractivity contribution is 5.46. The van der Waals surface area contributed by atoms with Crippen molar-refractivity contribution in [2.75, 3.05) is 13.7 Å². The van der Waals surface area contributed by atoms with Crippen molar-refractivity contribution in [3.63, 3.8) is 0 Å². The predicted molar refractivity (Wildman–Crippen MR) is 92.3 cm³/mol. The Bertz CT molecular complexity index is 414. The molecule has 21 heavy (non-hydrogen) atoms. The van der Waals surface area contributed by atoms with E-state index in [0.717, 1.165) is 12.3 Å². The van der Waals surface area contributed by atoms with Gasteiger partial charge in [0.1, 0.15) is 5.75 Å². The summed E-state index contributed by atoms with van der Waals surface area (Å²) < 4.78 is 5.71. The molecule has 0 aliphatic rings. The molecule has 0 fully saturated rings. The third-order valence-corrected chi connectivity index (χ3v) is 4.27. The fraction of sp³-hybridized carbons (Fsp3) is 0.684. The SMILES string of the molecule is CCCCCCC(NCCC)c1ccc(C)c(C)c1OC. The lowest BCUT2D eigenvalue weighted by molar-refractivity contribution is 0.388. The van der Waals surface area contributed by atoms with Crippen LogP contribution in [0.2, 0.25) is 0 Å². The Morgan fingerprint density at radius 3 is 2.43 bits per heavy atom. The molecule has 0 aromatic heterocycles. The molecule has 1 unspecified atom stereocenters. The van der Waals surface area contributed by atoms with Crippen LogP contribution in [-0.2, 0) is 0 Å². The van der Waals surface area contributed by atoms with Crippen molar-refractivity contribution in [3.05, 3.63) is 28.8 Å². The Hall–Kier alpha value is -1.02. The molecule has 0 aliphatic heterocycles. The van der Waals surface area contributed by atoms with Gasteiger partial charge in [-0.3, -0.25) is 0 Å². The summed E-state index contributed by atoms with van der Waals surface area (Å²) in [5, 5.41) is 3.70. The number of unbranched alkanes of at least 4 members (excludes halogenated alkanes) is 3. The first kappa shape index (κ1) is 18.0. The molecule has 0 bridgehead atoms. The molecule has 0 radical (unpaired) electrons. The number of methoxy groups -OCH3 is 1. The quantitative estimate of drug-likeness (QED) is 0.589. The summed E-state index contributed by atoms with van der Waals surface area (Å²) in [4.78, 5) is 0. The average Bonchev–Trinajstić information content (AvgIpc) is 2.49. The normalized spacial score (nSPS) is 12.4. The van der Waals surface area contributed by atoms with E-state index < -0.39 is 0 Å². The summed E-state index contributed by atoms with van der Waals surface area (Å²) in [6.07, 6.45) is 7.60. The molecule has 0 saturated carbocycles. The summed E-state index contributed by atoms with van der Waals surface area (Å²) >= 11 is 0. The summed E-state index contributed by atoms with van der Waals surface area (Å²) in [6, 6.07) is 4.88. The fourth-order valence-corrected chi connectivity index (χ4v) is 2.82. The van der Waals surface area contributed by atoms with E-state index in [4.69, 9.17) is 4.74 Å². The van der Waals surface area contributed by atoms with Gasteiger partial charge in [0.15, 0.2) is 0 Å². The van der Waals surface area contributed by atoms with E-state index in [1.165, 1.54) is 55.2 Å². The summed E-state index contributed by atoms with van der Waals surface area (Å²) in [5.41, 5.74) is 3.90. The van der Waals surface area contributed by atoms with Gasteiger partial charge in [-0.2, -0.15) is 0 Å². The van der Waals surface area contributed by atoms with Gasteiger partial charge in [0.25, 0.3) is 0 Å². The van der Waals surface area contributed by atoms with Crippen molar-refractivity contribution >= 4 is 0 Å². The van der Waals surface area contributed by atoms with Gasteiger partial charge in [0.05, 0.1) is 7.11 Å². The van der Waals surface area contributed by atoms with Gasteiger partial charge in [-0.25, -0.2) is 0 Å². The largest absolute Gasteiger partial charge is 0.496 e. The molecule has 2 heteroatoms. The number of hydrogen-bond donors (Lipinski definition) is 1. The lowest BCUT2D eigenvalue weighted by Gasteiger charge is -2.23. The van der Waals surface area contributed by atoms with Crippen LogP contribution in [0.3, 0.4) is 0 Å². The zero-order valence-corrected chi connectivity index (χ0v) is 14.6. The monoisotopic (exact) mass is 291 g/mol. The second-order valence-corrected chi connectivity index (χ2v) is 5.99. The molecule has 1 aromatic rings. The van der Waals surface area contributed by atoms with Crippen molar-refractivity contribution < 1.29 is 4.74 Å². The highest BCUT2D eigenvalue weighted by Gasteiger charge is 2.17. The molecule has 1 rings (SSSR count). The molecular formula is C19H33NO. The van der Waals surface area contributed by atoms with Crippen molar-refractivity contribution in [3.8, 4) is 5.75 Å². The van der Waals surface area contributed by atoms with Gasteiger partial charge in [-0.05, 0) is 44.4 Å². The topological polar surface area (TPSA) is 21.3 Å². The van der Waals surface area contributed by atoms with Gasteiger partial charge < -0.3 is 10.1 Å². The zero-order valence-electron chi connectivity index (χ0n) is 14.6. The second kappa shape index (κ2) is 9.83. The molecule has 0 heterocycles. The number of rotatable bonds is 10. The van der Waals surface area contributed by atoms with Crippen LogP contribution >= 0.6 is 0 Å². The van der Waals surface area contributed by atoms with Crippen molar-refractivity contribution in [2.24, 2.45) is 0 Å². The number of aryl methyl sites for hydroxylation is 1. The number of hydrogen-bond acceptors (Lipinski definition) is 2. The van der Waals surface area contributed by atoms with Gasteiger partial charge >= 0.3 is 0 Å². The first-order valence-electron chi connectivity index (χ1n) is 8.53. The van der Waals surface area contributed by atoms with E-state index in [0.29, 0.717) is 6.04 Å². The van der Waals surface area contributed by atoms with Gasteiger partial charge in [0, 0.05) is 11.6 Å². The van der Waals surface area contributed by atoms with Crippen molar-refractivity contribution in [1.82, 2.24) is 5.32 Å². The zero-order chi connectivity index (χ0) is 15.7. The van der Waals surface area contributed by atoms with Gasteiger partial charge in [-0.15, -0.1) is 0 Å². The fourth-order valence-electron chi connectivity index (χ4n) is 2.82. The van der Waals surface area contributed by atoms with Crippen molar-refractivity contribution in [2.45, 2.75) is 72.3 Å². The number of nitrogens with one attached hydrogen (secondary N) is 1. The molecule has 0 spiro atoms. The third-order valence-electron chi connectivity index (χ3n) is 4.27. The minimum atomic E-state index is 0.413. The second-order valence-electron chi connectivity index (χ2n) is 5.99. The molecular weight excluding hydrogens is 258 g/mol. The Morgan fingerprint density at radius 1 is 1.05 bits per heavy atom. The van der Waals surface area contributed by atoms with Gasteiger partial charge in [0.2, 0.25) is 0 Å². The Kier molecular flexibility index (Phi) is 8.44. The molecule has 120 valence electrons. The number of ether oxygens (including phenoxy) is 1. The highest BCUT2D eigenvalue weighted by atomic mass is 16.5. The maximum Gasteiger partial charge on any atom is 0.126 e. The lowest BCUT2D eigenvalue weighted by atomic mass is 9.95. The van der Waals surface area contributed by atoms with Crippen LogP contribution in [0.4, 0.5) is 0 Å². The molecule has 1 aromatic carbocycles.